The number of benzene rings is 1. The van der Waals surface area contributed by atoms with Gasteiger partial charge in [0, 0.05) is 25.3 Å². The summed E-state index contributed by atoms with van der Waals surface area (Å²) in [6.07, 6.45) is 1.15. The average molecular weight is 204 g/mol. The van der Waals surface area contributed by atoms with Crippen molar-refractivity contribution in [1.82, 2.24) is 4.90 Å². The molecular formula is C13H20N2. The molecule has 0 amide bonds. The molecule has 0 aromatic heterocycles. The predicted octanol–water partition coefficient (Wildman–Crippen LogP) is 2.28. The van der Waals surface area contributed by atoms with Crippen LogP contribution in [0.3, 0.4) is 0 Å². The number of rotatable bonds is 2. The molecule has 0 atom stereocenters. The third-order valence-electron chi connectivity index (χ3n) is 2.94. The number of hydrogen-bond donors (Lipinski definition) is 1. The second-order valence-corrected chi connectivity index (χ2v) is 4.91. The highest BCUT2D eigenvalue weighted by Gasteiger charge is 2.16. The quantitative estimate of drug-likeness (QED) is 0.749. The van der Waals surface area contributed by atoms with Crippen molar-refractivity contribution in [2.24, 2.45) is 5.92 Å². The molecule has 1 aromatic rings. The number of nitrogens with two attached hydrogens (primary N) is 1. The minimum absolute atomic E-state index is 0.750. The summed E-state index contributed by atoms with van der Waals surface area (Å²) in [5.74, 6) is 0.750. The fourth-order valence-electron chi connectivity index (χ4n) is 2.30. The van der Waals surface area contributed by atoms with E-state index in [2.05, 4.69) is 30.9 Å². The second kappa shape index (κ2) is 4.23. The summed E-state index contributed by atoms with van der Waals surface area (Å²) >= 11 is 0. The lowest BCUT2D eigenvalue weighted by Crippen LogP contribution is -2.33. The van der Waals surface area contributed by atoms with Crippen LogP contribution < -0.4 is 5.73 Å². The molecule has 1 aromatic carbocycles. The van der Waals surface area contributed by atoms with E-state index >= 15 is 0 Å². The zero-order chi connectivity index (χ0) is 10.8. The van der Waals surface area contributed by atoms with Gasteiger partial charge in [-0.3, -0.25) is 4.90 Å². The molecule has 0 aliphatic carbocycles. The van der Waals surface area contributed by atoms with E-state index in [0.29, 0.717) is 0 Å². The second-order valence-electron chi connectivity index (χ2n) is 4.91. The van der Waals surface area contributed by atoms with Crippen LogP contribution in [0, 0.1) is 5.92 Å². The molecule has 1 heterocycles. The fraction of sp³-hybridized carbons (Fsp3) is 0.538. The maximum absolute atomic E-state index is 5.78. The monoisotopic (exact) mass is 204 g/mol. The minimum atomic E-state index is 0.750. The van der Waals surface area contributed by atoms with Gasteiger partial charge >= 0.3 is 0 Å². The molecule has 0 fully saturated rings. The van der Waals surface area contributed by atoms with Crippen molar-refractivity contribution in [2.75, 3.05) is 18.8 Å². The molecular weight excluding hydrogens is 184 g/mol. The number of anilines is 1. The van der Waals surface area contributed by atoms with Gasteiger partial charge in [0.05, 0.1) is 0 Å². The van der Waals surface area contributed by atoms with E-state index in [-0.39, 0.29) is 0 Å². The molecule has 2 nitrogen and oxygen atoms in total. The lowest BCUT2D eigenvalue weighted by atomic mass is 9.98. The van der Waals surface area contributed by atoms with Crippen LogP contribution in [0.5, 0.6) is 0 Å². The third-order valence-corrected chi connectivity index (χ3v) is 2.94. The molecule has 0 radical (unpaired) electrons. The summed E-state index contributed by atoms with van der Waals surface area (Å²) in [7, 11) is 0. The molecule has 0 saturated carbocycles. The summed E-state index contributed by atoms with van der Waals surface area (Å²) in [5, 5.41) is 0. The fourth-order valence-corrected chi connectivity index (χ4v) is 2.30. The van der Waals surface area contributed by atoms with Crippen LogP contribution in [-0.4, -0.2) is 18.0 Å². The first kappa shape index (κ1) is 10.5. The smallest absolute Gasteiger partial charge is 0.0316 e. The number of nitrogens with zero attached hydrogens (tertiary/aromatic N) is 1. The van der Waals surface area contributed by atoms with E-state index in [1.807, 2.05) is 6.07 Å². The Morgan fingerprint density at radius 2 is 2.13 bits per heavy atom. The van der Waals surface area contributed by atoms with Gasteiger partial charge < -0.3 is 5.73 Å². The van der Waals surface area contributed by atoms with Gasteiger partial charge in [-0.1, -0.05) is 19.9 Å². The molecule has 15 heavy (non-hydrogen) atoms. The maximum atomic E-state index is 5.78. The van der Waals surface area contributed by atoms with Crippen LogP contribution in [0.2, 0.25) is 0 Å². The molecule has 2 N–H and O–H groups in total. The average Bonchev–Trinajstić information content (AvgIpc) is 2.17. The van der Waals surface area contributed by atoms with Crippen LogP contribution in [0.4, 0.5) is 5.69 Å². The van der Waals surface area contributed by atoms with Gasteiger partial charge in [0.2, 0.25) is 0 Å². The molecule has 1 aliphatic rings. The number of nitrogen functional groups attached to an aromatic ring is 1. The van der Waals surface area contributed by atoms with E-state index in [0.717, 1.165) is 24.6 Å². The summed E-state index contributed by atoms with van der Waals surface area (Å²) in [6, 6.07) is 6.32. The highest BCUT2D eigenvalue weighted by Crippen LogP contribution is 2.21. The van der Waals surface area contributed by atoms with Crippen LogP contribution >= 0.6 is 0 Å². The molecule has 82 valence electrons. The zero-order valence-electron chi connectivity index (χ0n) is 9.66. The molecule has 1 aliphatic heterocycles. The van der Waals surface area contributed by atoms with Crippen molar-refractivity contribution in [3.8, 4) is 0 Å². The van der Waals surface area contributed by atoms with E-state index in [4.69, 9.17) is 5.73 Å². The van der Waals surface area contributed by atoms with Gasteiger partial charge in [-0.05, 0) is 35.6 Å². The van der Waals surface area contributed by atoms with Crippen molar-refractivity contribution in [3.05, 3.63) is 29.3 Å². The van der Waals surface area contributed by atoms with Crippen LogP contribution in [0.25, 0.3) is 0 Å². The Balaban J connectivity index is 2.10. The normalized spacial score (nSPS) is 16.7. The Kier molecular flexibility index (Phi) is 2.96. The molecule has 2 rings (SSSR count). The van der Waals surface area contributed by atoms with Gasteiger partial charge in [0.25, 0.3) is 0 Å². The Morgan fingerprint density at radius 3 is 2.87 bits per heavy atom. The van der Waals surface area contributed by atoms with Crippen molar-refractivity contribution in [1.29, 1.82) is 0 Å². The first-order valence-electron chi connectivity index (χ1n) is 5.75. The van der Waals surface area contributed by atoms with Crippen LogP contribution in [0.1, 0.15) is 25.0 Å². The summed E-state index contributed by atoms with van der Waals surface area (Å²) in [4.78, 5) is 2.53. The topological polar surface area (TPSA) is 29.3 Å². The molecule has 0 spiro atoms. The van der Waals surface area contributed by atoms with Crippen molar-refractivity contribution in [2.45, 2.75) is 26.8 Å². The van der Waals surface area contributed by atoms with Crippen LogP contribution in [0.15, 0.2) is 18.2 Å². The summed E-state index contributed by atoms with van der Waals surface area (Å²) < 4.78 is 0. The molecule has 0 bridgehead atoms. The van der Waals surface area contributed by atoms with Gasteiger partial charge in [-0.15, -0.1) is 0 Å². The molecule has 0 saturated heterocycles. The predicted molar refractivity (Wildman–Crippen MR) is 64.7 cm³/mol. The third kappa shape index (κ3) is 2.51. The Hall–Kier alpha value is -1.02. The van der Waals surface area contributed by atoms with Gasteiger partial charge in [-0.25, -0.2) is 0 Å². The van der Waals surface area contributed by atoms with E-state index in [9.17, 15) is 0 Å². The van der Waals surface area contributed by atoms with Crippen molar-refractivity contribution in [3.63, 3.8) is 0 Å². The summed E-state index contributed by atoms with van der Waals surface area (Å²) in [6.45, 7) is 8.02. The van der Waals surface area contributed by atoms with Gasteiger partial charge in [0.15, 0.2) is 0 Å². The highest BCUT2D eigenvalue weighted by molar-refractivity contribution is 5.45. The zero-order valence-corrected chi connectivity index (χ0v) is 9.66. The van der Waals surface area contributed by atoms with Crippen molar-refractivity contribution < 1.29 is 0 Å². The Bertz CT molecular complexity index is 344. The summed E-state index contributed by atoms with van der Waals surface area (Å²) in [5.41, 5.74) is 9.57. The van der Waals surface area contributed by atoms with Crippen LogP contribution in [-0.2, 0) is 13.0 Å². The standard InChI is InChI=1S/C13H20N2/c1-10(2)8-15-6-5-11-7-13(14)4-3-12(11)9-15/h3-4,7,10H,5-6,8-9,14H2,1-2H3. The highest BCUT2D eigenvalue weighted by atomic mass is 15.1. The van der Waals surface area contributed by atoms with E-state index < -0.39 is 0 Å². The van der Waals surface area contributed by atoms with Gasteiger partial charge in [0.1, 0.15) is 0 Å². The molecule has 0 unspecified atom stereocenters. The lowest BCUT2D eigenvalue weighted by molar-refractivity contribution is 0.226. The largest absolute Gasteiger partial charge is 0.399 e. The number of fused-ring (bicyclic) bond motifs is 1. The molecule has 2 heteroatoms. The number of hydrogen-bond acceptors (Lipinski definition) is 2. The minimum Gasteiger partial charge on any atom is -0.399 e. The van der Waals surface area contributed by atoms with E-state index in [1.54, 1.807) is 0 Å². The Labute approximate surface area is 92.1 Å². The van der Waals surface area contributed by atoms with Gasteiger partial charge in [-0.2, -0.15) is 0 Å². The lowest BCUT2D eigenvalue weighted by Gasteiger charge is -2.30. The van der Waals surface area contributed by atoms with E-state index in [1.165, 1.54) is 24.2 Å². The first-order chi connectivity index (χ1) is 7.15. The first-order valence-corrected chi connectivity index (χ1v) is 5.75. The van der Waals surface area contributed by atoms with Crippen molar-refractivity contribution >= 4 is 5.69 Å². The Morgan fingerprint density at radius 1 is 1.33 bits per heavy atom. The maximum Gasteiger partial charge on any atom is 0.0316 e. The SMILES string of the molecule is CC(C)CN1CCc2cc(N)ccc2C1.